The van der Waals surface area contributed by atoms with Crippen LogP contribution in [0.4, 0.5) is 0 Å². The molecule has 7 nitrogen and oxygen atoms in total. The number of aromatic nitrogens is 4. The summed E-state index contributed by atoms with van der Waals surface area (Å²) in [6.07, 6.45) is 6.27. The fourth-order valence-electron chi connectivity index (χ4n) is 4.66. The van der Waals surface area contributed by atoms with Crippen molar-refractivity contribution in [2.24, 2.45) is 5.92 Å². The first-order valence-corrected chi connectivity index (χ1v) is 11.9. The van der Waals surface area contributed by atoms with Crippen molar-refractivity contribution in [1.29, 1.82) is 0 Å². The average molecular weight is 455 g/mol. The predicted octanol–water partition coefficient (Wildman–Crippen LogP) is 3.97. The maximum atomic E-state index is 13.2. The monoisotopic (exact) mass is 454 g/mol. The molecule has 1 aliphatic rings. The lowest BCUT2D eigenvalue weighted by Gasteiger charge is -2.28. The fraction of sp³-hybridized carbons (Fsp3) is 0.333. The maximum absolute atomic E-state index is 13.2. The van der Waals surface area contributed by atoms with Gasteiger partial charge in [-0.1, -0.05) is 38.1 Å². The third-order valence-electron chi connectivity index (χ3n) is 6.28. The molecule has 0 radical (unpaired) electrons. The molecule has 1 amide bonds. The van der Waals surface area contributed by atoms with E-state index in [-0.39, 0.29) is 5.91 Å². The molecule has 5 rings (SSSR count). The van der Waals surface area contributed by atoms with Gasteiger partial charge in [-0.05, 0) is 35.2 Å². The smallest absolute Gasteiger partial charge is 0.272 e. The molecule has 4 aromatic rings. The predicted molar refractivity (Wildman–Crippen MR) is 132 cm³/mol. The second-order valence-corrected chi connectivity index (χ2v) is 9.34. The van der Waals surface area contributed by atoms with Crippen LogP contribution in [-0.4, -0.2) is 37.1 Å². The second kappa shape index (κ2) is 9.73. The van der Waals surface area contributed by atoms with E-state index >= 15 is 0 Å². The Kier molecular flexibility index (Phi) is 6.36. The summed E-state index contributed by atoms with van der Waals surface area (Å²) < 4.78 is 2.05. The zero-order chi connectivity index (χ0) is 23.5. The number of carbonyl (C=O) groups is 1. The van der Waals surface area contributed by atoms with E-state index in [1.165, 1.54) is 16.6 Å². The van der Waals surface area contributed by atoms with Crippen molar-refractivity contribution in [1.82, 2.24) is 30.0 Å². The van der Waals surface area contributed by atoms with Gasteiger partial charge in [-0.15, -0.1) is 0 Å². The van der Waals surface area contributed by atoms with Crippen LogP contribution in [0.25, 0.3) is 10.9 Å². The maximum Gasteiger partial charge on any atom is 0.272 e. The molecule has 0 saturated heterocycles. The molecule has 1 N–H and O–H groups in total. The van der Waals surface area contributed by atoms with E-state index in [1.54, 1.807) is 12.4 Å². The normalized spacial score (nSPS) is 13.9. The molecule has 3 aromatic heterocycles. The van der Waals surface area contributed by atoms with Gasteiger partial charge in [0.25, 0.3) is 5.91 Å². The summed E-state index contributed by atoms with van der Waals surface area (Å²) in [6.45, 7) is 8.07. The van der Waals surface area contributed by atoms with Crippen LogP contribution < -0.4 is 5.32 Å². The zero-order valence-electron chi connectivity index (χ0n) is 19.7. The molecule has 0 aliphatic carbocycles. The van der Waals surface area contributed by atoms with Gasteiger partial charge in [0.1, 0.15) is 0 Å². The number of nitrogens with one attached hydrogen (secondary N) is 1. The number of para-hydroxylation sites is 1. The molecule has 174 valence electrons. The Hall–Kier alpha value is -3.58. The van der Waals surface area contributed by atoms with Gasteiger partial charge in [0, 0.05) is 74.4 Å². The molecule has 0 fully saturated rings. The number of rotatable bonds is 7. The standard InChI is InChI=1S/C27H30N6O/c1-19(2)16-33-25-10-13-32(17-21-9-12-29-24-8-4-3-7-22(21)24)18-23(25)26(31-33)27(34)30-15-20-6-5-11-28-14-20/h3-9,11-12,14,19H,10,13,15-18H2,1-2H3,(H,30,34). The topological polar surface area (TPSA) is 75.9 Å². The van der Waals surface area contributed by atoms with Crippen molar-refractivity contribution in [2.45, 2.75) is 46.4 Å². The van der Waals surface area contributed by atoms with Gasteiger partial charge < -0.3 is 5.32 Å². The van der Waals surface area contributed by atoms with Crippen LogP contribution in [0.2, 0.25) is 0 Å². The number of amides is 1. The quantitative estimate of drug-likeness (QED) is 0.457. The van der Waals surface area contributed by atoms with Crippen molar-refractivity contribution in [3.05, 3.63) is 89.1 Å². The van der Waals surface area contributed by atoms with E-state index in [4.69, 9.17) is 5.10 Å². The highest BCUT2D eigenvalue weighted by Gasteiger charge is 2.28. The Labute approximate surface area is 199 Å². The van der Waals surface area contributed by atoms with Crippen LogP contribution >= 0.6 is 0 Å². The van der Waals surface area contributed by atoms with Crippen LogP contribution in [-0.2, 0) is 32.6 Å². The molecule has 0 bridgehead atoms. The molecular formula is C27H30N6O. The highest BCUT2D eigenvalue weighted by molar-refractivity contribution is 5.94. The third kappa shape index (κ3) is 4.70. The molecule has 1 aliphatic heterocycles. The van der Waals surface area contributed by atoms with Gasteiger partial charge in [-0.2, -0.15) is 5.10 Å². The molecule has 1 aromatic carbocycles. The van der Waals surface area contributed by atoms with Crippen molar-refractivity contribution in [3.63, 3.8) is 0 Å². The van der Waals surface area contributed by atoms with Crippen LogP contribution in [0.15, 0.2) is 61.1 Å². The fourth-order valence-corrected chi connectivity index (χ4v) is 4.66. The van der Waals surface area contributed by atoms with Crippen LogP contribution in [0.5, 0.6) is 0 Å². The lowest BCUT2D eigenvalue weighted by Crippen LogP contribution is -2.32. The number of fused-ring (bicyclic) bond motifs is 2. The van der Waals surface area contributed by atoms with E-state index in [9.17, 15) is 4.79 Å². The Bertz CT molecular complexity index is 1290. The van der Waals surface area contributed by atoms with Crippen molar-refractivity contribution in [2.75, 3.05) is 6.54 Å². The number of nitrogens with zero attached hydrogens (tertiary/aromatic N) is 5. The molecule has 7 heteroatoms. The van der Waals surface area contributed by atoms with Gasteiger partial charge in [0.05, 0.1) is 5.52 Å². The van der Waals surface area contributed by atoms with Crippen molar-refractivity contribution >= 4 is 16.8 Å². The molecule has 0 atom stereocenters. The molecule has 0 unspecified atom stereocenters. The van der Waals surface area contributed by atoms with Gasteiger partial charge in [-0.3, -0.25) is 24.3 Å². The van der Waals surface area contributed by atoms with Crippen LogP contribution in [0, 0.1) is 5.92 Å². The average Bonchev–Trinajstić information content (AvgIpc) is 3.20. The van der Waals surface area contributed by atoms with Crippen molar-refractivity contribution < 1.29 is 4.79 Å². The first-order chi connectivity index (χ1) is 16.6. The number of hydrogen-bond acceptors (Lipinski definition) is 5. The lowest BCUT2D eigenvalue weighted by molar-refractivity contribution is 0.0942. The van der Waals surface area contributed by atoms with Crippen LogP contribution in [0.1, 0.15) is 46.7 Å². The molecule has 0 spiro atoms. The molecular weight excluding hydrogens is 424 g/mol. The summed E-state index contributed by atoms with van der Waals surface area (Å²) in [7, 11) is 0. The second-order valence-electron chi connectivity index (χ2n) is 9.34. The largest absolute Gasteiger partial charge is 0.346 e. The number of pyridine rings is 2. The van der Waals surface area contributed by atoms with Gasteiger partial charge in [0.2, 0.25) is 0 Å². The number of benzene rings is 1. The van der Waals surface area contributed by atoms with E-state index in [0.29, 0.717) is 24.7 Å². The van der Waals surface area contributed by atoms with E-state index in [2.05, 4.69) is 56.9 Å². The number of carbonyl (C=O) groups excluding carboxylic acids is 1. The summed E-state index contributed by atoms with van der Waals surface area (Å²) in [4.78, 5) is 24.2. The summed E-state index contributed by atoms with van der Waals surface area (Å²) in [5.74, 6) is 0.329. The molecule has 0 saturated carbocycles. The minimum absolute atomic E-state index is 0.126. The Balaban J connectivity index is 1.39. The first kappa shape index (κ1) is 22.2. The minimum atomic E-state index is -0.126. The summed E-state index contributed by atoms with van der Waals surface area (Å²) in [5, 5.41) is 9.01. The van der Waals surface area contributed by atoms with E-state index in [0.717, 1.165) is 42.7 Å². The molecule has 34 heavy (non-hydrogen) atoms. The van der Waals surface area contributed by atoms with E-state index in [1.807, 2.05) is 30.5 Å². The summed E-state index contributed by atoms with van der Waals surface area (Å²) in [5.41, 5.74) is 6.02. The van der Waals surface area contributed by atoms with Crippen LogP contribution in [0.3, 0.4) is 0 Å². The highest BCUT2D eigenvalue weighted by Crippen LogP contribution is 2.26. The molecule has 4 heterocycles. The minimum Gasteiger partial charge on any atom is -0.346 e. The van der Waals surface area contributed by atoms with Gasteiger partial charge in [-0.25, -0.2) is 0 Å². The number of hydrogen-bond donors (Lipinski definition) is 1. The van der Waals surface area contributed by atoms with E-state index < -0.39 is 0 Å². The third-order valence-corrected chi connectivity index (χ3v) is 6.28. The highest BCUT2D eigenvalue weighted by atomic mass is 16.2. The van der Waals surface area contributed by atoms with Crippen molar-refractivity contribution in [3.8, 4) is 0 Å². The Morgan fingerprint density at radius 1 is 1.12 bits per heavy atom. The Morgan fingerprint density at radius 2 is 2.00 bits per heavy atom. The van der Waals surface area contributed by atoms with Gasteiger partial charge in [0.15, 0.2) is 5.69 Å². The summed E-state index contributed by atoms with van der Waals surface area (Å²) >= 11 is 0. The first-order valence-electron chi connectivity index (χ1n) is 11.9. The Morgan fingerprint density at radius 3 is 2.82 bits per heavy atom. The summed E-state index contributed by atoms with van der Waals surface area (Å²) in [6, 6.07) is 14.2. The lowest BCUT2D eigenvalue weighted by atomic mass is 10.0. The van der Waals surface area contributed by atoms with Gasteiger partial charge >= 0.3 is 0 Å². The zero-order valence-corrected chi connectivity index (χ0v) is 19.7. The SMILES string of the molecule is CC(C)Cn1nc(C(=O)NCc2cccnc2)c2c1CCN(Cc1ccnc3ccccc13)C2.